The molecule has 1 fully saturated rings. The first-order valence-corrected chi connectivity index (χ1v) is 11.4. The van der Waals surface area contributed by atoms with Crippen molar-refractivity contribution >= 4 is 0 Å². The standard InChI is InChI=1S/C28H32O4/c29-15-19-3-1-5-23(11-19)25-9-7-21(17-31)13-27(25)28-14-22(18-32)8-10-26(28)24-6-2-4-20(12-24)16-30/h1-7,9,11-13,22,26,28-32H,8,10,14-18H2. The van der Waals surface area contributed by atoms with E-state index in [1.54, 1.807) is 0 Å². The van der Waals surface area contributed by atoms with Crippen LogP contribution >= 0.6 is 0 Å². The molecule has 168 valence electrons. The Morgan fingerprint density at radius 3 is 2.06 bits per heavy atom. The fourth-order valence-electron chi connectivity index (χ4n) is 5.21. The molecule has 0 amide bonds. The molecule has 3 aromatic carbocycles. The van der Waals surface area contributed by atoms with E-state index in [1.165, 1.54) is 11.1 Å². The van der Waals surface area contributed by atoms with Gasteiger partial charge in [-0.05, 0) is 82.0 Å². The fraction of sp³-hybridized carbons (Fsp3) is 0.357. The molecule has 4 nitrogen and oxygen atoms in total. The summed E-state index contributed by atoms with van der Waals surface area (Å²) in [6, 6.07) is 22.3. The van der Waals surface area contributed by atoms with Crippen molar-refractivity contribution in [3.63, 3.8) is 0 Å². The highest BCUT2D eigenvalue weighted by Crippen LogP contribution is 2.48. The SMILES string of the molecule is OCc1cccc(-c2ccc(CO)cc2C2CC(CO)CCC2c2cccc(CO)c2)c1. The normalized spacial score (nSPS) is 20.9. The lowest BCUT2D eigenvalue weighted by atomic mass is 9.67. The van der Waals surface area contributed by atoms with Crippen molar-refractivity contribution in [2.24, 2.45) is 5.92 Å². The Morgan fingerprint density at radius 2 is 1.34 bits per heavy atom. The third-order valence-electron chi connectivity index (χ3n) is 6.90. The molecule has 1 aliphatic carbocycles. The third kappa shape index (κ3) is 4.79. The predicted molar refractivity (Wildman–Crippen MR) is 126 cm³/mol. The number of aliphatic hydroxyl groups excluding tert-OH is 4. The van der Waals surface area contributed by atoms with Gasteiger partial charge in [0.05, 0.1) is 19.8 Å². The summed E-state index contributed by atoms with van der Waals surface area (Å²) in [5.74, 6) is 0.679. The zero-order chi connectivity index (χ0) is 22.5. The van der Waals surface area contributed by atoms with Crippen LogP contribution in [-0.2, 0) is 19.8 Å². The van der Waals surface area contributed by atoms with Crippen LogP contribution in [0.15, 0.2) is 66.7 Å². The lowest BCUT2D eigenvalue weighted by molar-refractivity contribution is 0.170. The molecule has 4 heteroatoms. The smallest absolute Gasteiger partial charge is 0.0682 e. The minimum Gasteiger partial charge on any atom is -0.396 e. The van der Waals surface area contributed by atoms with E-state index in [1.807, 2.05) is 36.4 Å². The lowest BCUT2D eigenvalue weighted by Gasteiger charge is -2.37. The van der Waals surface area contributed by atoms with Crippen molar-refractivity contribution in [2.75, 3.05) is 6.61 Å². The summed E-state index contributed by atoms with van der Waals surface area (Å²) in [5, 5.41) is 39.1. The molecule has 32 heavy (non-hydrogen) atoms. The maximum absolute atomic E-state index is 9.95. The van der Waals surface area contributed by atoms with Gasteiger partial charge in [0.1, 0.15) is 0 Å². The molecular formula is C28H32O4. The topological polar surface area (TPSA) is 80.9 Å². The van der Waals surface area contributed by atoms with E-state index in [0.717, 1.165) is 47.1 Å². The Balaban J connectivity index is 1.84. The van der Waals surface area contributed by atoms with Crippen LogP contribution in [0.2, 0.25) is 0 Å². The van der Waals surface area contributed by atoms with Crippen LogP contribution in [0, 0.1) is 5.92 Å². The number of aliphatic hydroxyl groups is 4. The molecule has 4 rings (SSSR count). The first-order chi connectivity index (χ1) is 15.7. The molecule has 3 unspecified atom stereocenters. The second-order valence-electron chi connectivity index (χ2n) is 8.92. The Labute approximate surface area is 189 Å². The molecule has 1 saturated carbocycles. The van der Waals surface area contributed by atoms with Gasteiger partial charge in [0.25, 0.3) is 0 Å². The minimum absolute atomic E-state index is 0.00944. The zero-order valence-electron chi connectivity index (χ0n) is 18.3. The van der Waals surface area contributed by atoms with Crippen molar-refractivity contribution < 1.29 is 20.4 Å². The maximum atomic E-state index is 9.95. The average molecular weight is 433 g/mol. The van der Waals surface area contributed by atoms with Gasteiger partial charge in [-0.3, -0.25) is 0 Å². The maximum Gasteiger partial charge on any atom is 0.0682 e. The molecular weight excluding hydrogens is 400 g/mol. The summed E-state index contributed by atoms with van der Waals surface area (Å²) in [5.41, 5.74) is 7.17. The highest BCUT2D eigenvalue weighted by molar-refractivity contribution is 5.69. The molecule has 0 aliphatic heterocycles. The molecule has 0 spiro atoms. The monoisotopic (exact) mass is 432 g/mol. The van der Waals surface area contributed by atoms with Crippen molar-refractivity contribution in [1.29, 1.82) is 0 Å². The number of rotatable bonds is 7. The average Bonchev–Trinajstić information content (AvgIpc) is 2.88. The second-order valence-corrected chi connectivity index (χ2v) is 8.92. The zero-order valence-corrected chi connectivity index (χ0v) is 18.3. The highest BCUT2D eigenvalue weighted by Gasteiger charge is 2.34. The van der Waals surface area contributed by atoms with Crippen molar-refractivity contribution in [1.82, 2.24) is 0 Å². The molecule has 0 aromatic heterocycles. The van der Waals surface area contributed by atoms with Gasteiger partial charge in [0.15, 0.2) is 0 Å². The Hall–Kier alpha value is -2.50. The quantitative estimate of drug-likeness (QED) is 0.443. The van der Waals surface area contributed by atoms with Crippen LogP contribution in [0.4, 0.5) is 0 Å². The van der Waals surface area contributed by atoms with E-state index in [-0.39, 0.29) is 44.2 Å². The van der Waals surface area contributed by atoms with Crippen LogP contribution in [0.1, 0.15) is 58.9 Å². The largest absolute Gasteiger partial charge is 0.396 e. The molecule has 0 bridgehead atoms. The highest BCUT2D eigenvalue weighted by atomic mass is 16.3. The van der Waals surface area contributed by atoms with Crippen LogP contribution in [0.25, 0.3) is 11.1 Å². The molecule has 0 heterocycles. The van der Waals surface area contributed by atoms with Crippen molar-refractivity contribution in [3.05, 3.63) is 94.5 Å². The Kier molecular flexibility index (Phi) is 7.38. The van der Waals surface area contributed by atoms with E-state index in [9.17, 15) is 20.4 Å². The van der Waals surface area contributed by atoms with Crippen LogP contribution in [0.5, 0.6) is 0 Å². The minimum atomic E-state index is -0.0230. The number of hydrogen-bond acceptors (Lipinski definition) is 4. The van der Waals surface area contributed by atoms with Crippen LogP contribution in [-0.4, -0.2) is 27.0 Å². The van der Waals surface area contributed by atoms with E-state index in [4.69, 9.17) is 0 Å². The predicted octanol–water partition coefficient (Wildman–Crippen LogP) is 4.49. The first kappa shape index (κ1) is 22.7. The molecule has 3 atom stereocenters. The van der Waals surface area contributed by atoms with Gasteiger partial charge < -0.3 is 20.4 Å². The lowest BCUT2D eigenvalue weighted by Crippen LogP contribution is -2.25. The van der Waals surface area contributed by atoms with E-state index in [2.05, 4.69) is 30.3 Å². The summed E-state index contributed by atoms with van der Waals surface area (Å²) in [6.07, 6.45) is 2.80. The number of hydrogen-bond donors (Lipinski definition) is 4. The van der Waals surface area contributed by atoms with Gasteiger partial charge in [-0.15, -0.1) is 0 Å². The summed E-state index contributed by atoms with van der Waals surface area (Å²) >= 11 is 0. The van der Waals surface area contributed by atoms with Gasteiger partial charge in [0.2, 0.25) is 0 Å². The molecule has 1 aliphatic rings. The van der Waals surface area contributed by atoms with E-state index in [0.29, 0.717) is 0 Å². The van der Waals surface area contributed by atoms with Crippen LogP contribution < -0.4 is 0 Å². The van der Waals surface area contributed by atoms with Crippen LogP contribution in [0.3, 0.4) is 0 Å². The summed E-state index contributed by atoms with van der Waals surface area (Å²) < 4.78 is 0. The summed E-state index contributed by atoms with van der Waals surface area (Å²) in [4.78, 5) is 0. The summed E-state index contributed by atoms with van der Waals surface area (Å²) in [7, 11) is 0. The molecule has 4 N–H and O–H groups in total. The van der Waals surface area contributed by atoms with Crippen molar-refractivity contribution in [3.8, 4) is 11.1 Å². The van der Waals surface area contributed by atoms with Gasteiger partial charge in [-0.2, -0.15) is 0 Å². The summed E-state index contributed by atoms with van der Waals surface area (Å²) in [6.45, 7) is 0.161. The second kappa shape index (κ2) is 10.4. The molecule has 3 aromatic rings. The Morgan fingerprint density at radius 1 is 0.656 bits per heavy atom. The van der Waals surface area contributed by atoms with Gasteiger partial charge >= 0.3 is 0 Å². The van der Waals surface area contributed by atoms with E-state index >= 15 is 0 Å². The fourth-order valence-corrected chi connectivity index (χ4v) is 5.21. The van der Waals surface area contributed by atoms with Gasteiger partial charge in [0, 0.05) is 6.61 Å². The third-order valence-corrected chi connectivity index (χ3v) is 6.90. The molecule has 0 radical (unpaired) electrons. The molecule has 0 saturated heterocycles. The van der Waals surface area contributed by atoms with Crippen molar-refractivity contribution in [2.45, 2.75) is 50.9 Å². The number of benzene rings is 3. The van der Waals surface area contributed by atoms with E-state index < -0.39 is 0 Å². The Bertz CT molecular complexity index is 1050. The first-order valence-electron chi connectivity index (χ1n) is 11.4. The van der Waals surface area contributed by atoms with Gasteiger partial charge in [-0.25, -0.2) is 0 Å². The van der Waals surface area contributed by atoms with Gasteiger partial charge in [-0.1, -0.05) is 60.7 Å².